The highest BCUT2D eigenvalue weighted by molar-refractivity contribution is 5.82. The Hall–Kier alpha value is -1.47. The van der Waals surface area contributed by atoms with E-state index in [2.05, 4.69) is 25.6 Å². The molecule has 2 N–H and O–H groups in total. The van der Waals surface area contributed by atoms with Gasteiger partial charge in [-0.2, -0.15) is 5.10 Å². The summed E-state index contributed by atoms with van der Waals surface area (Å²) in [5.74, 6) is 0.788. The van der Waals surface area contributed by atoms with Crippen LogP contribution in [0.3, 0.4) is 0 Å². The normalized spacial score (nSPS) is 24.3. The molecule has 2 aliphatic heterocycles. The van der Waals surface area contributed by atoms with Crippen molar-refractivity contribution < 1.29 is 4.79 Å². The number of nitrogens with zero attached hydrogens (tertiary/aromatic N) is 4. The van der Waals surface area contributed by atoms with Gasteiger partial charge in [0.1, 0.15) is 6.33 Å². The van der Waals surface area contributed by atoms with E-state index in [1.807, 2.05) is 7.05 Å². The second-order valence-corrected chi connectivity index (χ2v) is 5.93. The van der Waals surface area contributed by atoms with Gasteiger partial charge in [0.25, 0.3) is 0 Å². The molecule has 1 atom stereocenters. The first-order chi connectivity index (χ1) is 10.2. The highest BCUT2D eigenvalue weighted by Gasteiger charge is 2.35. The van der Waals surface area contributed by atoms with Crippen molar-refractivity contribution in [3.05, 3.63) is 12.2 Å². The van der Waals surface area contributed by atoms with E-state index in [1.165, 1.54) is 0 Å². The van der Waals surface area contributed by atoms with Crippen molar-refractivity contribution in [1.29, 1.82) is 0 Å². The van der Waals surface area contributed by atoms with Gasteiger partial charge < -0.3 is 10.6 Å². The molecule has 0 aliphatic carbocycles. The van der Waals surface area contributed by atoms with E-state index in [1.54, 1.807) is 11.0 Å². The number of aryl methyl sites for hydroxylation is 1. The summed E-state index contributed by atoms with van der Waals surface area (Å²) in [6.45, 7) is 3.58. The molecule has 3 rings (SSSR count). The zero-order valence-corrected chi connectivity index (χ0v) is 12.6. The minimum atomic E-state index is 0.0248. The number of carbonyl (C=O) groups is 1. The molecule has 1 amide bonds. The summed E-state index contributed by atoms with van der Waals surface area (Å²) >= 11 is 0. The maximum absolute atomic E-state index is 12.4. The monoisotopic (exact) mass is 292 g/mol. The molecular formula is C14H24N6O. The van der Waals surface area contributed by atoms with Crippen molar-refractivity contribution >= 4 is 5.91 Å². The molecule has 0 aromatic carbocycles. The van der Waals surface area contributed by atoms with E-state index in [4.69, 9.17) is 0 Å². The Balaban J connectivity index is 1.55. The molecule has 2 fully saturated rings. The number of nitrogens with one attached hydrogen (secondary N) is 2. The van der Waals surface area contributed by atoms with E-state index in [0.29, 0.717) is 18.4 Å². The molecule has 7 heteroatoms. The molecule has 7 nitrogen and oxygen atoms in total. The average molecular weight is 292 g/mol. The molecule has 2 saturated heterocycles. The Morgan fingerprint density at radius 2 is 2.24 bits per heavy atom. The van der Waals surface area contributed by atoms with Crippen molar-refractivity contribution in [2.45, 2.75) is 44.3 Å². The number of hydrogen-bond acceptors (Lipinski definition) is 5. The Kier molecular flexibility index (Phi) is 4.50. The van der Waals surface area contributed by atoms with E-state index >= 15 is 0 Å². The SMILES string of the molecule is Cn1cnc(CNC(=O)C2CCCN2C2CCNCC2)n1. The van der Waals surface area contributed by atoms with Crippen LogP contribution in [0.4, 0.5) is 0 Å². The van der Waals surface area contributed by atoms with Crippen molar-refractivity contribution in [3.63, 3.8) is 0 Å². The molecule has 3 heterocycles. The maximum Gasteiger partial charge on any atom is 0.237 e. The predicted octanol–water partition coefficient (Wildman–Crippen LogP) is -0.352. The van der Waals surface area contributed by atoms with Gasteiger partial charge in [-0.15, -0.1) is 0 Å². The van der Waals surface area contributed by atoms with Crippen LogP contribution in [0.2, 0.25) is 0 Å². The van der Waals surface area contributed by atoms with E-state index in [-0.39, 0.29) is 11.9 Å². The van der Waals surface area contributed by atoms with Crippen LogP contribution in [-0.4, -0.2) is 57.3 Å². The van der Waals surface area contributed by atoms with Gasteiger partial charge in [0.15, 0.2) is 5.82 Å². The van der Waals surface area contributed by atoms with Gasteiger partial charge in [-0.3, -0.25) is 14.4 Å². The quantitative estimate of drug-likeness (QED) is 0.793. The second kappa shape index (κ2) is 6.53. The highest BCUT2D eigenvalue weighted by atomic mass is 16.2. The third-order valence-electron chi connectivity index (χ3n) is 4.44. The second-order valence-electron chi connectivity index (χ2n) is 5.93. The van der Waals surface area contributed by atoms with Crippen LogP contribution in [0.15, 0.2) is 6.33 Å². The van der Waals surface area contributed by atoms with Crippen LogP contribution in [0, 0.1) is 0 Å². The number of rotatable bonds is 4. The lowest BCUT2D eigenvalue weighted by Gasteiger charge is -2.35. The zero-order chi connectivity index (χ0) is 14.7. The summed E-state index contributed by atoms with van der Waals surface area (Å²) in [6.07, 6.45) is 6.02. The average Bonchev–Trinajstić information content (AvgIpc) is 3.14. The smallest absolute Gasteiger partial charge is 0.237 e. The lowest BCUT2D eigenvalue weighted by molar-refractivity contribution is -0.126. The molecule has 116 valence electrons. The first-order valence-electron chi connectivity index (χ1n) is 7.83. The molecule has 0 bridgehead atoms. The largest absolute Gasteiger partial charge is 0.347 e. The van der Waals surface area contributed by atoms with Crippen molar-refractivity contribution in [3.8, 4) is 0 Å². The Bertz CT molecular complexity index is 482. The minimum absolute atomic E-state index is 0.0248. The van der Waals surface area contributed by atoms with Gasteiger partial charge >= 0.3 is 0 Å². The molecule has 0 spiro atoms. The van der Waals surface area contributed by atoms with Crippen LogP contribution >= 0.6 is 0 Å². The molecule has 2 aliphatic rings. The molecule has 1 unspecified atom stereocenters. The molecule has 1 aromatic rings. The van der Waals surface area contributed by atoms with Crippen molar-refractivity contribution in [1.82, 2.24) is 30.3 Å². The fourth-order valence-corrected chi connectivity index (χ4v) is 3.39. The van der Waals surface area contributed by atoms with E-state index < -0.39 is 0 Å². The summed E-state index contributed by atoms with van der Waals surface area (Å²) in [5, 5.41) is 10.6. The summed E-state index contributed by atoms with van der Waals surface area (Å²) < 4.78 is 1.65. The standard InChI is InChI=1S/C14H24N6O/c1-19-10-17-13(18-19)9-16-14(21)12-3-2-8-20(12)11-4-6-15-7-5-11/h10-12,15H,2-9H2,1H3,(H,16,21). The molecule has 0 saturated carbocycles. The minimum Gasteiger partial charge on any atom is -0.347 e. The number of piperidine rings is 1. The van der Waals surface area contributed by atoms with E-state index in [0.717, 1.165) is 45.3 Å². The third-order valence-corrected chi connectivity index (χ3v) is 4.44. The van der Waals surface area contributed by atoms with Crippen LogP contribution in [-0.2, 0) is 18.4 Å². The topological polar surface area (TPSA) is 75.1 Å². The van der Waals surface area contributed by atoms with Gasteiger partial charge in [-0.1, -0.05) is 0 Å². The predicted molar refractivity (Wildman–Crippen MR) is 78.5 cm³/mol. The van der Waals surface area contributed by atoms with Gasteiger partial charge in [0, 0.05) is 13.1 Å². The Morgan fingerprint density at radius 1 is 1.43 bits per heavy atom. The van der Waals surface area contributed by atoms with Crippen LogP contribution in [0.25, 0.3) is 0 Å². The van der Waals surface area contributed by atoms with Crippen LogP contribution < -0.4 is 10.6 Å². The fourth-order valence-electron chi connectivity index (χ4n) is 3.39. The third kappa shape index (κ3) is 3.41. The van der Waals surface area contributed by atoms with E-state index in [9.17, 15) is 4.79 Å². The first-order valence-corrected chi connectivity index (χ1v) is 7.83. The molecule has 1 aromatic heterocycles. The highest BCUT2D eigenvalue weighted by Crippen LogP contribution is 2.24. The lowest BCUT2D eigenvalue weighted by Crippen LogP contribution is -2.50. The number of amides is 1. The van der Waals surface area contributed by atoms with Gasteiger partial charge in [0.2, 0.25) is 5.91 Å². The molecule has 0 radical (unpaired) electrons. The number of hydrogen-bond donors (Lipinski definition) is 2. The summed E-state index contributed by atoms with van der Waals surface area (Å²) in [7, 11) is 1.83. The molecule has 21 heavy (non-hydrogen) atoms. The summed E-state index contributed by atoms with van der Waals surface area (Å²) in [6, 6.07) is 0.578. The van der Waals surface area contributed by atoms with Gasteiger partial charge in [-0.25, -0.2) is 4.98 Å². The van der Waals surface area contributed by atoms with Crippen LogP contribution in [0.5, 0.6) is 0 Å². The van der Waals surface area contributed by atoms with Gasteiger partial charge in [-0.05, 0) is 45.3 Å². The van der Waals surface area contributed by atoms with Gasteiger partial charge in [0.05, 0.1) is 12.6 Å². The molecular weight excluding hydrogens is 268 g/mol. The Morgan fingerprint density at radius 3 is 2.95 bits per heavy atom. The van der Waals surface area contributed by atoms with Crippen molar-refractivity contribution in [2.24, 2.45) is 7.05 Å². The number of likely N-dealkylation sites (tertiary alicyclic amines) is 1. The lowest BCUT2D eigenvalue weighted by atomic mass is 10.0. The number of carbonyl (C=O) groups excluding carboxylic acids is 1. The first kappa shape index (κ1) is 14.5. The Labute approximate surface area is 125 Å². The summed E-state index contributed by atoms with van der Waals surface area (Å²) in [5.41, 5.74) is 0. The number of aromatic nitrogens is 3. The maximum atomic E-state index is 12.4. The zero-order valence-electron chi connectivity index (χ0n) is 12.6. The van der Waals surface area contributed by atoms with Crippen molar-refractivity contribution in [2.75, 3.05) is 19.6 Å². The summed E-state index contributed by atoms with van der Waals surface area (Å²) in [4.78, 5) is 19.0. The fraction of sp³-hybridized carbons (Fsp3) is 0.786. The van der Waals surface area contributed by atoms with Crippen LogP contribution in [0.1, 0.15) is 31.5 Å².